The molecule has 0 spiro atoms. The number of carbonyl (C=O) groups is 1. The maximum Gasteiger partial charge on any atom is 0.233 e. The number of ether oxygens (including phenoxy) is 2. The number of rotatable bonds is 4. The lowest BCUT2D eigenvalue weighted by molar-refractivity contribution is -0.132. The number of benzene rings is 1. The summed E-state index contributed by atoms with van der Waals surface area (Å²) >= 11 is 1.54. The van der Waals surface area contributed by atoms with Gasteiger partial charge in [0.1, 0.15) is 18.2 Å². The van der Waals surface area contributed by atoms with Crippen molar-refractivity contribution >= 4 is 28.6 Å². The van der Waals surface area contributed by atoms with Gasteiger partial charge >= 0.3 is 0 Å². The second-order valence-electron chi connectivity index (χ2n) is 7.23. The third-order valence-corrected chi connectivity index (χ3v) is 6.45. The number of amides is 1. The number of pyridine rings is 1. The van der Waals surface area contributed by atoms with E-state index in [0.29, 0.717) is 25.0 Å². The molecule has 144 valence electrons. The van der Waals surface area contributed by atoms with E-state index in [1.807, 2.05) is 19.1 Å². The fourth-order valence-electron chi connectivity index (χ4n) is 3.91. The number of carbonyl (C=O) groups excluding carboxylic acids is 1. The average molecular weight is 387 g/mol. The Kier molecular flexibility index (Phi) is 5.43. The molecule has 3 heterocycles. The first-order chi connectivity index (χ1) is 13.2. The Bertz CT molecular complexity index is 855. The molecule has 1 fully saturated rings. The van der Waals surface area contributed by atoms with Crippen molar-refractivity contribution in [1.29, 1.82) is 0 Å². The van der Waals surface area contributed by atoms with Crippen LogP contribution < -0.4 is 9.47 Å². The summed E-state index contributed by atoms with van der Waals surface area (Å²) in [5, 5.41) is 1.95. The van der Waals surface area contributed by atoms with E-state index in [2.05, 4.69) is 17.9 Å². The predicted molar refractivity (Wildman–Crippen MR) is 108 cm³/mol. The van der Waals surface area contributed by atoms with E-state index < -0.39 is 0 Å². The molecule has 5 nitrogen and oxygen atoms in total. The lowest BCUT2D eigenvalue weighted by Crippen LogP contribution is -2.44. The highest BCUT2D eigenvalue weighted by Crippen LogP contribution is 2.35. The number of thioether (sulfide) groups is 1. The van der Waals surface area contributed by atoms with Gasteiger partial charge in [-0.3, -0.25) is 4.79 Å². The highest BCUT2D eigenvalue weighted by molar-refractivity contribution is 7.99. The molecule has 0 radical (unpaired) electrons. The molecule has 2 aliphatic heterocycles. The van der Waals surface area contributed by atoms with Gasteiger partial charge in [0, 0.05) is 24.0 Å². The van der Waals surface area contributed by atoms with Crippen LogP contribution in [-0.2, 0) is 4.79 Å². The van der Waals surface area contributed by atoms with Crippen LogP contribution in [0.25, 0.3) is 10.9 Å². The second-order valence-corrected chi connectivity index (χ2v) is 8.20. The maximum absolute atomic E-state index is 12.7. The van der Waals surface area contributed by atoms with Crippen LogP contribution in [0.15, 0.2) is 23.2 Å². The number of hydrogen-bond acceptors (Lipinski definition) is 5. The normalized spacial score (nSPS) is 19.3. The maximum atomic E-state index is 12.7. The largest absolute Gasteiger partial charge is 0.486 e. The van der Waals surface area contributed by atoms with Gasteiger partial charge in [0.2, 0.25) is 5.91 Å². The minimum absolute atomic E-state index is 0.232. The molecule has 6 heteroatoms. The third kappa shape index (κ3) is 3.86. The molecule has 2 aromatic rings. The lowest BCUT2D eigenvalue weighted by atomic mass is 10.0. The van der Waals surface area contributed by atoms with Crippen molar-refractivity contribution in [3.8, 4) is 11.5 Å². The molecule has 2 aliphatic rings. The molecule has 1 atom stereocenters. The fraction of sp³-hybridized carbons (Fsp3) is 0.524. The lowest BCUT2D eigenvalue weighted by Gasteiger charge is -2.35. The first kappa shape index (κ1) is 18.4. The number of likely N-dealkylation sites (tertiary alicyclic amines) is 1. The van der Waals surface area contributed by atoms with Crippen LogP contribution in [0.5, 0.6) is 11.5 Å². The van der Waals surface area contributed by atoms with Crippen LogP contribution in [0.4, 0.5) is 0 Å². The molecule has 1 aromatic carbocycles. The molecule has 1 amide bonds. The Hall–Kier alpha value is -1.95. The van der Waals surface area contributed by atoms with Gasteiger partial charge in [0.15, 0.2) is 11.5 Å². The van der Waals surface area contributed by atoms with Crippen LogP contribution in [0.3, 0.4) is 0 Å². The van der Waals surface area contributed by atoms with Crippen LogP contribution in [0, 0.1) is 6.92 Å². The van der Waals surface area contributed by atoms with E-state index in [-0.39, 0.29) is 5.91 Å². The monoisotopic (exact) mass is 386 g/mol. The summed E-state index contributed by atoms with van der Waals surface area (Å²) in [4.78, 5) is 19.6. The molecule has 4 rings (SSSR count). The average Bonchev–Trinajstić information content (AvgIpc) is 2.70. The van der Waals surface area contributed by atoms with Crippen LogP contribution in [0.2, 0.25) is 0 Å². The number of fused-ring (bicyclic) bond motifs is 2. The minimum atomic E-state index is 0.232. The van der Waals surface area contributed by atoms with Gasteiger partial charge in [-0.25, -0.2) is 4.98 Å². The first-order valence-corrected chi connectivity index (χ1v) is 10.8. The van der Waals surface area contributed by atoms with Crippen molar-refractivity contribution in [2.24, 2.45) is 0 Å². The van der Waals surface area contributed by atoms with Crippen molar-refractivity contribution in [2.45, 2.75) is 50.6 Å². The number of aryl methyl sites for hydroxylation is 1. The fourth-order valence-corrected chi connectivity index (χ4v) is 4.79. The summed E-state index contributed by atoms with van der Waals surface area (Å²) in [6.45, 7) is 6.26. The van der Waals surface area contributed by atoms with E-state index >= 15 is 0 Å². The minimum Gasteiger partial charge on any atom is -0.486 e. The van der Waals surface area contributed by atoms with Crippen molar-refractivity contribution in [1.82, 2.24) is 9.88 Å². The molecule has 1 saturated heterocycles. The summed E-state index contributed by atoms with van der Waals surface area (Å²) in [6.07, 6.45) is 4.52. The van der Waals surface area contributed by atoms with E-state index in [4.69, 9.17) is 14.5 Å². The predicted octanol–water partition coefficient (Wildman–Crippen LogP) is 4.20. The standard InChI is InChI=1S/C21H26N2O3S/c1-3-16-6-4-5-7-23(16)20(24)13-27-21-14(2)10-15-11-18-19(12-17(15)22-21)26-9-8-25-18/h10-12,16H,3-9,13H2,1-2H3/t16-/m0/s1. The number of aromatic nitrogens is 1. The molecule has 0 bridgehead atoms. The topological polar surface area (TPSA) is 51.7 Å². The molecule has 1 aromatic heterocycles. The molecule has 0 aliphatic carbocycles. The SMILES string of the molecule is CC[C@H]1CCCCN1C(=O)CSc1nc2cc3c(cc2cc1C)OCCO3. The number of hydrogen-bond donors (Lipinski definition) is 0. The zero-order chi connectivity index (χ0) is 18.8. The van der Waals surface area contributed by atoms with Crippen molar-refractivity contribution in [2.75, 3.05) is 25.5 Å². The Morgan fingerprint density at radius 2 is 2.00 bits per heavy atom. The quantitative estimate of drug-likeness (QED) is 0.737. The molecular weight excluding hydrogens is 360 g/mol. The van der Waals surface area contributed by atoms with E-state index in [1.54, 1.807) is 0 Å². The molecular formula is C21H26N2O3S. The van der Waals surface area contributed by atoms with Crippen molar-refractivity contribution in [3.05, 3.63) is 23.8 Å². The van der Waals surface area contributed by atoms with Crippen LogP contribution in [-0.4, -0.2) is 47.3 Å². The van der Waals surface area contributed by atoms with Gasteiger partial charge < -0.3 is 14.4 Å². The molecule has 27 heavy (non-hydrogen) atoms. The zero-order valence-electron chi connectivity index (χ0n) is 16.0. The summed E-state index contributed by atoms with van der Waals surface area (Å²) < 4.78 is 11.3. The summed E-state index contributed by atoms with van der Waals surface area (Å²) in [7, 11) is 0. The molecule has 0 N–H and O–H groups in total. The zero-order valence-corrected chi connectivity index (χ0v) is 16.8. The Balaban J connectivity index is 1.51. The van der Waals surface area contributed by atoms with Gasteiger partial charge in [-0.15, -0.1) is 0 Å². The summed E-state index contributed by atoms with van der Waals surface area (Å²) in [5.41, 5.74) is 1.96. The van der Waals surface area contributed by atoms with E-state index in [9.17, 15) is 4.79 Å². The van der Waals surface area contributed by atoms with Gasteiger partial charge in [-0.05, 0) is 50.3 Å². The van der Waals surface area contributed by atoms with E-state index in [1.165, 1.54) is 18.2 Å². The van der Waals surface area contributed by atoms with Gasteiger partial charge in [-0.2, -0.15) is 0 Å². The van der Waals surface area contributed by atoms with Crippen molar-refractivity contribution < 1.29 is 14.3 Å². The van der Waals surface area contributed by atoms with Crippen LogP contribution in [0.1, 0.15) is 38.2 Å². The Labute approximate surface area is 164 Å². The summed E-state index contributed by atoms with van der Waals surface area (Å²) in [5.74, 6) is 2.20. The highest BCUT2D eigenvalue weighted by Gasteiger charge is 2.25. The van der Waals surface area contributed by atoms with E-state index in [0.717, 1.165) is 58.8 Å². The third-order valence-electron chi connectivity index (χ3n) is 5.37. The van der Waals surface area contributed by atoms with Crippen LogP contribution >= 0.6 is 11.8 Å². The smallest absolute Gasteiger partial charge is 0.233 e. The Morgan fingerprint density at radius 1 is 1.22 bits per heavy atom. The summed E-state index contributed by atoms with van der Waals surface area (Å²) in [6, 6.07) is 6.44. The second kappa shape index (κ2) is 7.97. The number of nitrogens with zero attached hydrogens (tertiary/aromatic N) is 2. The molecule has 0 saturated carbocycles. The Morgan fingerprint density at radius 3 is 2.78 bits per heavy atom. The number of piperidine rings is 1. The van der Waals surface area contributed by atoms with Gasteiger partial charge in [-0.1, -0.05) is 18.7 Å². The highest BCUT2D eigenvalue weighted by atomic mass is 32.2. The first-order valence-electron chi connectivity index (χ1n) is 9.79. The molecule has 0 unspecified atom stereocenters. The van der Waals surface area contributed by atoms with Gasteiger partial charge in [0.25, 0.3) is 0 Å². The van der Waals surface area contributed by atoms with Crippen molar-refractivity contribution in [3.63, 3.8) is 0 Å². The van der Waals surface area contributed by atoms with Gasteiger partial charge in [0.05, 0.1) is 11.3 Å².